The van der Waals surface area contributed by atoms with Crippen LogP contribution in [0, 0.1) is 5.92 Å². The molecule has 1 fully saturated rings. The monoisotopic (exact) mass is 402 g/mol. The Labute approximate surface area is 168 Å². The predicted octanol–water partition coefficient (Wildman–Crippen LogP) is 3.39. The molecule has 0 spiro atoms. The standard InChI is InChI=1S/C20H26N4O3S/c1-13(2)8-16(22-18(26)14-9-15(25)11-21-10-14)19-23-17(12-28-19)20(27)24-6-4-3-5-7-24/h9-13,16,25H,3-8H2,1-2H3,(H,22,26)/t16-/m0/s1. The summed E-state index contributed by atoms with van der Waals surface area (Å²) >= 11 is 1.39. The third-order valence-electron chi connectivity index (χ3n) is 4.68. The Hall–Kier alpha value is -2.48. The molecule has 2 aromatic heterocycles. The third-order valence-corrected chi connectivity index (χ3v) is 5.64. The number of rotatable bonds is 6. The Morgan fingerprint density at radius 2 is 2.00 bits per heavy atom. The lowest BCUT2D eigenvalue weighted by Gasteiger charge is -2.25. The van der Waals surface area contributed by atoms with Crippen LogP contribution in [0.1, 0.15) is 71.4 Å². The number of pyridine rings is 1. The summed E-state index contributed by atoms with van der Waals surface area (Å²) in [7, 11) is 0. The fraction of sp³-hybridized carbons (Fsp3) is 0.500. The van der Waals surface area contributed by atoms with Crippen LogP contribution in [0.4, 0.5) is 0 Å². The molecule has 1 atom stereocenters. The van der Waals surface area contributed by atoms with Crippen molar-refractivity contribution in [3.8, 4) is 5.75 Å². The van der Waals surface area contributed by atoms with Crippen LogP contribution in [0.2, 0.25) is 0 Å². The summed E-state index contributed by atoms with van der Waals surface area (Å²) in [4.78, 5) is 35.5. The third kappa shape index (κ3) is 5.07. The number of nitrogens with one attached hydrogen (secondary N) is 1. The maximum Gasteiger partial charge on any atom is 0.273 e. The molecule has 8 heteroatoms. The van der Waals surface area contributed by atoms with Crippen molar-refractivity contribution >= 4 is 23.2 Å². The summed E-state index contributed by atoms with van der Waals surface area (Å²) in [5.41, 5.74) is 0.735. The van der Waals surface area contributed by atoms with Crippen molar-refractivity contribution in [3.05, 3.63) is 40.1 Å². The molecule has 28 heavy (non-hydrogen) atoms. The second-order valence-corrected chi connectivity index (χ2v) is 8.40. The normalized spacial score (nSPS) is 15.5. The topological polar surface area (TPSA) is 95.4 Å². The highest BCUT2D eigenvalue weighted by molar-refractivity contribution is 7.09. The van der Waals surface area contributed by atoms with Gasteiger partial charge in [0, 0.05) is 24.7 Å². The summed E-state index contributed by atoms with van der Waals surface area (Å²) in [5.74, 6) is -0.0865. The van der Waals surface area contributed by atoms with Crippen molar-refractivity contribution in [2.24, 2.45) is 5.92 Å². The quantitative estimate of drug-likeness (QED) is 0.772. The Morgan fingerprint density at radius 1 is 1.25 bits per heavy atom. The van der Waals surface area contributed by atoms with Crippen molar-refractivity contribution in [1.82, 2.24) is 20.2 Å². The lowest BCUT2D eigenvalue weighted by atomic mass is 10.0. The van der Waals surface area contributed by atoms with E-state index < -0.39 is 0 Å². The minimum atomic E-state index is -0.326. The van der Waals surface area contributed by atoms with E-state index in [1.165, 1.54) is 36.2 Å². The van der Waals surface area contributed by atoms with Gasteiger partial charge in [0.2, 0.25) is 0 Å². The first-order chi connectivity index (χ1) is 13.4. The largest absolute Gasteiger partial charge is 0.506 e. The summed E-state index contributed by atoms with van der Waals surface area (Å²) in [5, 5.41) is 15.0. The van der Waals surface area contributed by atoms with E-state index in [0.29, 0.717) is 18.0 Å². The van der Waals surface area contributed by atoms with Gasteiger partial charge in [0.1, 0.15) is 16.5 Å². The molecule has 0 unspecified atom stereocenters. The van der Waals surface area contributed by atoms with Crippen LogP contribution in [0.5, 0.6) is 5.75 Å². The first kappa shape index (κ1) is 20.3. The SMILES string of the molecule is CC(C)C[C@H](NC(=O)c1cncc(O)c1)c1nc(C(=O)N2CCCCC2)cs1. The van der Waals surface area contributed by atoms with Crippen LogP contribution in [-0.4, -0.2) is 44.9 Å². The number of carbonyl (C=O) groups is 2. The zero-order chi connectivity index (χ0) is 20.1. The number of aromatic hydroxyl groups is 1. The second kappa shape index (κ2) is 9.14. The van der Waals surface area contributed by atoms with Crippen LogP contribution in [0.3, 0.4) is 0 Å². The lowest BCUT2D eigenvalue weighted by Crippen LogP contribution is -2.36. The molecule has 0 radical (unpaired) electrons. The molecule has 0 bridgehead atoms. The summed E-state index contributed by atoms with van der Waals surface area (Å²) in [6, 6.07) is 1.07. The van der Waals surface area contributed by atoms with Crippen LogP contribution in [0.25, 0.3) is 0 Å². The summed E-state index contributed by atoms with van der Waals surface area (Å²) < 4.78 is 0. The number of hydrogen-bond donors (Lipinski definition) is 2. The number of likely N-dealkylation sites (tertiary alicyclic amines) is 1. The number of amides is 2. The van der Waals surface area contributed by atoms with Crippen molar-refractivity contribution in [1.29, 1.82) is 0 Å². The van der Waals surface area contributed by atoms with Gasteiger partial charge < -0.3 is 15.3 Å². The van der Waals surface area contributed by atoms with E-state index in [-0.39, 0.29) is 29.2 Å². The highest BCUT2D eigenvalue weighted by Gasteiger charge is 2.25. The first-order valence-electron chi connectivity index (χ1n) is 9.63. The van der Waals surface area contributed by atoms with Gasteiger partial charge >= 0.3 is 0 Å². The van der Waals surface area contributed by atoms with E-state index in [9.17, 15) is 14.7 Å². The number of nitrogens with zero attached hydrogens (tertiary/aromatic N) is 3. The zero-order valence-corrected chi connectivity index (χ0v) is 17.0. The minimum Gasteiger partial charge on any atom is -0.506 e. The number of thiazole rings is 1. The van der Waals surface area contributed by atoms with Crippen molar-refractivity contribution in [2.45, 2.75) is 45.6 Å². The van der Waals surface area contributed by atoms with Crippen LogP contribution >= 0.6 is 11.3 Å². The minimum absolute atomic E-state index is 0.0333. The molecule has 3 heterocycles. The number of hydrogen-bond acceptors (Lipinski definition) is 6. The van der Waals surface area contributed by atoms with E-state index >= 15 is 0 Å². The molecule has 0 aromatic carbocycles. The van der Waals surface area contributed by atoms with E-state index in [0.717, 1.165) is 30.9 Å². The van der Waals surface area contributed by atoms with Crippen molar-refractivity contribution < 1.29 is 14.7 Å². The fourth-order valence-corrected chi connectivity index (χ4v) is 4.15. The van der Waals surface area contributed by atoms with Gasteiger partial charge in [-0.25, -0.2) is 4.98 Å². The Morgan fingerprint density at radius 3 is 2.68 bits per heavy atom. The molecule has 0 aliphatic carbocycles. The fourth-order valence-electron chi connectivity index (χ4n) is 3.29. The summed E-state index contributed by atoms with van der Waals surface area (Å²) in [6.45, 7) is 5.70. The van der Waals surface area contributed by atoms with Crippen molar-refractivity contribution in [2.75, 3.05) is 13.1 Å². The molecule has 7 nitrogen and oxygen atoms in total. The summed E-state index contributed by atoms with van der Waals surface area (Å²) in [6.07, 6.45) is 6.62. The molecule has 1 aliphatic rings. The van der Waals surface area contributed by atoms with Gasteiger partial charge in [0.25, 0.3) is 11.8 Å². The molecule has 150 valence electrons. The Bertz CT molecular complexity index is 830. The molecule has 2 amide bonds. The van der Waals surface area contributed by atoms with E-state index in [1.807, 2.05) is 4.90 Å². The molecule has 2 aromatic rings. The van der Waals surface area contributed by atoms with Gasteiger partial charge in [-0.2, -0.15) is 0 Å². The van der Waals surface area contributed by atoms with Gasteiger partial charge in [-0.15, -0.1) is 11.3 Å². The number of piperidine rings is 1. The first-order valence-corrected chi connectivity index (χ1v) is 10.5. The number of aromatic nitrogens is 2. The predicted molar refractivity (Wildman–Crippen MR) is 107 cm³/mol. The molecular formula is C20H26N4O3S. The van der Waals surface area contributed by atoms with Crippen LogP contribution in [-0.2, 0) is 0 Å². The maximum atomic E-state index is 12.7. The van der Waals surface area contributed by atoms with E-state index in [1.54, 1.807) is 5.38 Å². The Kier molecular flexibility index (Phi) is 6.61. The maximum absolute atomic E-state index is 12.7. The lowest BCUT2D eigenvalue weighted by molar-refractivity contribution is 0.0719. The molecule has 2 N–H and O–H groups in total. The average Bonchev–Trinajstić information content (AvgIpc) is 3.17. The zero-order valence-electron chi connectivity index (χ0n) is 16.2. The molecule has 1 aliphatic heterocycles. The van der Waals surface area contributed by atoms with Gasteiger partial charge in [-0.1, -0.05) is 13.8 Å². The smallest absolute Gasteiger partial charge is 0.273 e. The highest BCUT2D eigenvalue weighted by atomic mass is 32.1. The average molecular weight is 403 g/mol. The van der Waals surface area contributed by atoms with Crippen LogP contribution in [0.15, 0.2) is 23.8 Å². The van der Waals surface area contributed by atoms with E-state index in [4.69, 9.17) is 0 Å². The van der Waals surface area contributed by atoms with Crippen LogP contribution < -0.4 is 5.32 Å². The Balaban J connectivity index is 1.75. The van der Waals surface area contributed by atoms with Gasteiger partial charge in [0.05, 0.1) is 17.8 Å². The van der Waals surface area contributed by atoms with Crippen molar-refractivity contribution in [3.63, 3.8) is 0 Å². The molecular weight excluding hydrogens is 376 g/mol. The van der Waals surface area contributed by atoms with Gasteiger partial charge in [-0.05, 0) is 37.7 Å². The van der Waals surface area contributed by atoms with E-state index in [2.05, 4.69) is 29.1 Å². The molecule has 1 saturated heterocycles. The molecule has 3 rings (SSSR count). The van der Waals surface area contributed by atoms with Gasteiger partial charge in [-0.3, -0.25) is 14.6 Å². The highest BCUT2D eigenvalue weighted by Crippen LogP contribution is 2.26. The molecule has 0 saturated carbocycles. The number of carbonyl (C=O) groups excluding carboxylic acids is 2. The second-order valence-electron chi connectivity index (χ2n) is 7.51. The van der Waals surface area contributed by atoms with Gasteiger partial charge in [0.15, 0.2) is 0 Å².